The summed E-state index contributed by atoms with van der Waals surface area (Å²) >= 11 is 0. The molecule has 3 heterocycles. The molecule has 0 atom stereocenters. The number of aromatic nitrogens is 5. The van der Waals surface area contributed by atoms with Crippen molar-refractivity contribution in [3.63, 3.8) is 0 Å². The van der Waals surface area contributed by atoms with E-state index in [4.69, 9.17) is 4.74 Å². The summed E-state index contributed by atoms with van der Waals surface area (Å²) in [6.45, 7) is 1.94. The van der Waals surface area contributed by atoms with Crippen LogP contribution in [0.4, 0.5) is 11.6 Å². The normalized spacial score (nSPS) is 10.8. The maximum atomic E-state index is 5.33. The fourth-order valence-corrected chi connectivity index (χ4v) is 2.56. The van der Waals surface area contributed by atoms with Crippen LogP contribution in [-0.4, -0.2) is 32.3 Å². The zero-order valence-electron chi connectivity index (χ0n) is 13.8. The number of aryl methyl sites for hydroxylation is 1. The minimum Gasteiger partial charge on any atom is -0.497 e. The molecule has 7 nitrogen and oxygen atoms in total. The molecular weight excluding hydrogens is 316 g/mol. The van der Waals surface area contributed by atoms with Crippen molar-refractivity contribution in [2.45, 2.75) is 6.92 Å². The van der Waals surface area contributed by atoms with Crippen LogP contribution < -0.4 is 10.1 Å². The van der Waals surface area contributed by atoms with Gasteiger partial charge in [-0.3, -0.25) is 10.1 Å². The van der Waals surface area contributed by atoms with Crippen LogP contribution in [0.15, 0.2) is 48.8 Å². The van der Waals surface area contributed by atoms with Crippen LogP contribution in [0.3, 0.4) is 0 Å². The Labute approximate surface area is 144 Å². The Bertz CT molecular complexity index is 1030. The third-order valence-corrected chi connectivity index (χ3v) is 3.78. The summed E-state index contributed by atoms with van der Waals surface area (Å²) in [5, 5.41) is 11.3. The Kier molecular flexibility index (Phi) is 3.74. The zero-order chi connectivity index (χ0) is 17.2. The molecule has 0 fully saturated rings. The summed E-state index contributed by atoms with van der Waals surface area (Å²) in [4.78, 5) is 13.5. The van der Waals surface area contributed by atoms with Crippen LogP contribution >= 0.6 is 0 Å². The van der Waals surface area contributed by atoms with E-state index in [2.05, 4.69) is 30.5 Å². The highest BCUT2D eigenvalue weighted by Crippen LogP contribution is 2.29. The summed E-state index contributed by atoms with van der Waals surface area (Å²) < 4.78 is 5.33. The van der Waals surface area contributed by atoms with E-state index in [1.165, 1.54) is 0 Å². The number of nitrogens with one attached hydrogen (secondary N) is 2. The van der Waals surface area contributed by atoms with Gasteiger partial charge in [-0.2, -0.15) is 5.10 Å². The number of nitrogens with zero attached hydrogens (tertiary/aromatic N) is 4. The number of benzene rings is 1. The van der Waals surface area contributed by atoms with Gasteiger partial charge in [-0.25, -0.2) is 9.97 Å². The largest absolute Gasteiger partial charge is 0.497 e. The fraction of sp³-hybridized carbons (Fsp3) is 0.111. The molecule has 1 aromatic carbocycles. The van der Waals surface area contributed by atoms with Crippen molar-refractivity contribution in [2.75, 3.05) is 12.4 Å². The number of ether oxygens (including phenoxy) is 1. The number of aromatic amines is 1. The molecule has 0 saturated heterocycles. The zero-order valence-corrected chi connectivity index (χ0v) is 13.8. The molecule has 0 spiro atoms. The lowest BCUT2D eigenvalue weighted by Crippen LogP contribution is -2.00. The number of hydrogen-bond acceptors (Lipinski definition) is 6. The van der Waals surface area contributed by atoms with E-state index < -0.39 is 0 Å². The van der Waals surface area contributed by atoms with Crippen molar-refractivity contribution in [3.05, 3.63) is 54.5 Å². The van der Waals surface area contributed by atoms with Crippen LogP contribution in [0.1, 0.15) is 5.69 Å². The molecular formula is C18H16N6O. The molecule has 0 aliphatic rings. The molecule has 0 unspecified atom stereocenters. The maximum Gasteiger partial charge on any atom is 0.163 e. The maximum absolute atomic E-state index is 5.33. The first kappa shape index (κ1) is 15.1. The predicted octanol–water partition coefficient (Wildman–Crippen LogP) is 3.48. The van der Waals surface area contributed by atoms with Gasteiger partial charge in [-0.15, -0.1) is 0 Å². The van der Waals surface area contributed by atoms with Gasteiger partial charge in [0.15, 0.2) is 11.6 Å². The topological polar surface area (TPSA) is 88.6 Å². The quantitative estimate of drug-likeness (QED) is 0.595. The van der Waals surface area contributed by atoms with E-state index in [0.29, 0.717) is 17.5 Å². The lowest BCUT2D eigenvalue weighted by Gasteiger charge is -2.10. The summed E-state index contributed by atoms with van der Waals surface area (Å²) in [6, 6.07) is 11.4. The second-order valence-corrected chi connectivity index (χ2v) is 5.58. The van der Waals surface area contributed by atoms with Gasteiger partial charge in [0.1, 0.15) is 11.6 Å². The van der Waals surface area contributed by atoms with Gasteiger partial charge in [0.25, 0.3) is 0 Å². The molecule has 7 heteroatoms. The lowest BCUT2D eigenvalue weighted by molar-refractivity contribution is 0.415. The number of methoxy groups -OCH3 is 1. The summed E-state index contributed by atoms with van der Waals surface area (Å²) in [6.07, 6.45) is 3.47. The van der Waals surface area contributed by atoms with Crippen molar-refractivity contribution < 1.29 is 4.74 Å². The highest BCUT2D eigenvalue weighted by Gasteiger charge is 2.12. The second kappa shape index (κ2) is 6.20. The van der Waals surface area contributed by atoms with Crippen LogP contribution in [-0.2, 0) is 0 Å². The number of H-pyrrole nitrogens is 1. The van der Waals surface area contributed by atoms with E-state index in [1.54, 1.807) is 19.5 Å². The molecule has 0 saturated carbocycles. The Morgan fingerprint density at radius 2 is 2.04 bits per heavy atom. The molecule has 4 aromatic rings. The van der Waals surface area contributed by atoms with Crippen molar-refractivity contribution in [2.24, 2.45) is 0 Å². The van der Waals surface area contributed by atoms with Crippen molar-refractivity contribution in [1.82, 2.24) is 25.1 Å². The molecule has 0 aliphatic heterocycles. The summed E-state index contributed by atoms with van der Waals surface area (Å²) in [5.41, 5.74) is 2.62. The van der Waals surface area contributed by atoms with E-state index in [9.17, 15) is 0 Å². The minimum absolute atomic E-state index is 0.598. The van der Waals surface area contributed by atoms with E-state index >= 15 is 0 Å². The number of hydrogen-bond donors (Lipinski definition) is 2. The Hall–Kier alpha value is -3.48. The highest BCUT2D eigenvalue weighted by atomic mass is 16.5. The van der Waals surface area contributed by atoms with Crippen molar-refractivity contribution >= 4 is 22.5 Å². The summed E-state index contributed by atoms with van der Waals surface area (Å²) in [5.74, 6) is 2.69. The standard InChI is InChI=1S/C18H16N6O/c1-11-8-16(24-23-11)21-18-14-9-13(25-2)5-6-15(14)20-17(22-18)12-4-3-7-19-10-12/h3-10H,1-2H3,(H2,20,21,22,23,24). The molecule has 2 N–H and O–H groups in total. The molecule has 0 bridgehead atoms. The van der Waals surface area contributed by atoms with Gasteiger partial charge in [-0.1, -0.05) is 0 Å². The van der Waals surface area contributed by atoms with E-state index in [0.717, 1.165) is 27.9 Å². The Balaban J connectivity index is 1.89. The minimum atomic E-state index is 0.598. The predicted molar refractivity (Wildman–Crippen MR) is 95.9 cm³/mol. The molecule has 0 radical (unpaired) electrons. The third-order valence-electron chi connectivity index (χ3n) is 3.78. The van der Waals surface area contributed by atoms with E-state index in [1.807, 2.05) is 43.3 Å². The molecule has 25 heavy (non-hydrogen) atoms. The SMILES string of the molecule is COc1ccc2nc(-c3cccnc3)nc(Nc3cc(C)[nH]n3)c2c1. The average molecular weight is 332 g/mol. The first-order valence-electron chi connectivity index (χ1n) is 7.78. The van der Waals surface area contributed by atoms with Crippen LogP contribution in [0, 0.1) is 6.92 Å². The Morgan fingerprint density at radius 1 is 1.12 bits per heavy atom. The van der Waals surface area contributed by atoms with Gasteiger partial charge in [0, 0.05) is 35.1 Å². The van der Waals surface area contributed by atoms with Crippen molar-refractivity contribution in [3.8, 4) is 17.1 Å². The van der Waals surface area contributed by atoms with Crippen LogP contribution in [0.5, 0.6) is 5.75 Å². The van der Waals surface area contributed by atoms with Gasteiger partial charge >= 0.3 is 0 Å². The molecule has 3 aromatic heterocycles. The van der Waals surface area contributed by atoms with Gasteiger partial charge in [-0.05, 0) is 37.3 Å². The van der Waals surface area contributed by atoms with E-state index in [-0.39, 0.29) is 0 Å². The van der Waals surface area contributed by atoms with Crippen molar-refractivity contribution in [1.29, 1.82) is 0 Å². The monoisotopic (exact) mass is 332 g/mol. The average Bonchev–Trinajstić information content (AvgIpc) is 3.06. The van der Waals surface area contributed by atoms with Gasteiger partial charge < -0.3 is 10.1 Å². The smallest absolute Gasteiger partial charge is 0.163 e. The first-order valence-corrected chi connectivity index (χ1v) is 7.78. The van der Waals surface area contributed by atoms with Crippen LogP contribution in [0.2, 0.25) is 0 Å². The van der Waals surface area contributed by atoms with Gasteiger partial charge in [0.05, 0.1) is 12.6 Å². The number of anilines is 2. The second-order valence-electron chi connectivity index (χ2n) is 5.58. The number of pyridine rings is 1. The third kappa shape index (κ3) is 2.99. The molecule has 4 rings (SSSR count). The highest BCUT2D eigenvalue weighted by molar-refractivity contribution is 5.93. The number of fused-ring (bicyclic) bond motifs is 1. The summed E-state index contributed by atoms with van der Waals surface area (Å²) in [7, 11) is 1.64. The first-order chi connectivity index (χ1) is 12.2. The molecule has 124 valence electrons. The lowest BCUT2D eigenvalue weighted by atomic mass is 10.2. The number of rotatable bonds is 4. The van der Waals surface area contributed by atoms with Gasteiger partial charge in [0.2, 0.25) is 0 Å². The Morgan fingerprint density at radius 3 is 2.76 bits per heavy atom. The van der Waals surface area contributed by atoms with Crippen LogP contribution in [0.25, 0.3) is 22.3 Å². The molecule has 0 aliphatic carbocycles. The molecule has 0 amide bonds. The fourth-order valence-electron chi connectivity index (χ4n) is 2.56.